The molecule has 0 aliphatic heterocycles. The third-order valence-electron chi connectivity index (χ3n) is 3.97. The zero-order valence-corrected chi connectivity index (χ0v) is 13.4. The molecule has 0 spiro atoms. The Kier molecular flexibility index (Phi) is 5.60. The summed E-state index contributed by atoms with van der Waals surface area (Å²) in [6.45, 7) is 2.86. The van der Waals surface area contributed by atoms with Gasteiger partial charge in [-0.05, 0) is 47.5 Å². The molecule has 0 radical (unpaired) electrons. The normalized spacial score (nSPS) is 16.8. The second-order valence-electron chi connectivity index (χ2n) is 5.41. The lowest BCUT2D eigenvalue weighted by Gasteiger charge is -2.25. The third kappa shape index (κ3) is 3.61. The largest absolute Gasteiger partial charge is 0.396 e. The molecule has 6 heteroatoms. The van der Waals surface area contributed by atoms with Gasteiger partial charge in [0.05, 0.1) is 10.7 Å². The fourth-order valence-electron chi connectivity index (χ4n) is 2.39. The van der Waals surface area contributed by atoms with Crippen molar-refractivity contribution >= 4 is 21.6 Å². The summed E-state index contributed by atoms with van der Waals surface area (Å²) in [5.74, 6) is 0.591. The minimum atomic E-state index is -0.0809. The van der Waals surface area contributed by atoms with Gasteiger partial charge in [0, 0.05) is 19.2 Å². The number of nitrogens with zero attached hydrogens (tertiary/aromatic N) is 2. The van der Waals surface area contributed by atoms with E-state index in [1.54, 1.807) is 10.9 Å². The lowest BCUT2D eigenvalue weighted by molar-refractivity contribution is 0.261. The number of hydrogen-bond acceptors (Lipinski definition) is 4. The molecule has 2 N–H and O–H groups in total. The third-order valence-corrected chi connectivity index (χ3v) is 4.57. The van der Waals surface area contributed by atoms with E-state index in [2.05, 4.69) is 26.3 Å². The Morgan fingerprint density at radius 3 is 2.90 bits per heavy atom. The molecule has 0 aromatic carbocycles. The highest BCUT2D eigenvalue weighted by atomic mass is 79.9. The SMILES string of the molecule is CCC(CCO)Nc1c(Br)cnn(CC2CCC2)c1=O. The predicted molar refractivity (Wildman–Crippen MR) is 82.9 cm³/mol. The number of aliphatic hydroxyl groups excluding tert-OH is 1. The van der Waals surface area contributed by atoms with Gasteiger partial charge in [-0.2, -0.15) is 5.10 Å². The minimum Gasteiger partial charge on any atom is -0.396 e. The molecule has 2 rings (SSSR count). The van der Waals surface area contributed by atoms with Crippen LogP contribution in [-0.4, -0.2) is 27.5 Å². The van der Waals surface area contributed by atoms with Gasteiger partial charge in [-0.1, -0.05) is 13.3 Å². The van der Waals surface area contributed by atoms with Crippen molar-refractivity contribution in [2.24, 2.45) is 5.92 Å². The summed E-state index contributed by atoms with van der Waals surface area (Å²) in [7, 11) is 0. The van der Waals surface area contributed by atoms with Gasteiger partial charge >= 0.3 is 0 Å². The van der Waals surface area contributed by atoms with Crippen LogP contribution in [0.25, 0.3) is 0 Å². The van der Waals surface area contributed by atoms with Crippen LogP contribution in [0.1, 0.15) is 39.0 Å². The van der Waals surface area contributed by atoms with Crippen LogP contribution in [0.2, 0.25) is 0 Å². The van der Waals surface area contributed by atoms with Crippen LogP contribution in [0, 0.1) is 5.92 Å². The van der Waals surface area contributed by atoms with Crippen molar-refractivity contribution in [1.82, 2.24) is 9.78 Å². The van der Waals surface area contributed by atoms with Crippen LogP contribution >= 0.6 is 15.9 Å². The van der Waals surface area contributed by atoms with Gasteiger partial charge in [0.2, 0.25) is 0 Å². The van der Waals surface area contributed by atoms with Crippen molar-refractivity contribution in [3.63, 3.8) is 0 Å². The molecule has 0 saturated heterocycles. The zero-order chi connectivity index (χ0) is 14.5. The van der Waals surface area contributed by atoms with Gasteiger partial charge < -0.3 is 10.4 Å². The summed E-state index contributed by atoms with van der Waals surface area (Å²) >= 11 is 3.39. The maximum Gasteiger partial charge on any atom is 0.291 e. The topological polar surface area (TPSA) is 67.2 Å². The molecule has 0 amide bonds. The first-order valence-corrected chi connectivity index (χ1v) is 8.08. The van der Waals surface area contributed by atoms with Gasteiger partial charge in [0.15, 0.2) is 0 Å². The summed E-state index contributed by atoms with van der Waals surface area (Å²) in [5.41, 5.74) is 0.474. The summed E-state index contributed by atoms with van der Waals surface area (Å²) in [5, 5.41) is 16.5. The number of aliphatic hydroxyl groups is 1. The van der Waals surface area contributed by atoms with Gasteiger partial charge in [-0.15, -0.1) is 0 Å². The molecule has 1 aliphatic carbocycles. The maximum atomic E-state index is 12.5. The van der Waals surface area contributed by atoms with Gasteiger partial charge in [0.1, 0.15) is 5.69 Å². The molecule has 5 nitrogen and oxygen atoms in total. The molecule has 1 aromatic heterocycles. The fourth-order valence-corrected chi connectivity index (χ4v) is 2.76. The minimum absolute atomic E-state index is 0.0809. The lowest BCUT2D eigenvalue weighted by Crippen LogP contribution is -2.33. The second-order valence-corrected chi connectivity index (χ2v) is 6.27. The fraction of sp³-hybridized carbons (Fsp3) is 0.714. The maximum absolute atomic E-state index is 12.5. The van der Waals surface area contributed by atoms with Crippen molar-refractivity contribution in [3.8, 4) is 0 Å². The summed E-state index contributed by atoms with van der Waals surface area (Å²) in [6, 6.07) is 0.101. The lowest BCUT2D eigenvalue weighted by atomic mass is 9.85. The molecule has 112 valence electrons. The van der Waals surface area contributed by atoms with Gasteiger partial charge in [-0.25, -0.2) is 4.68 Å². The Hall–Kier alpha value is -0.880. The van der Waals surface area contributed by atoms with Gasteiger partial charge in [0.25, 0.3) is 5.56 Å². The van der Waals surface area contributed by atoms with E-state index in [0.29, 0.717) is 29.0 Å². The molecule has 1 saturated carbocycles. The first-order valence-electron chi connectivity index (χ1n) is 7.28. The number of hydrogen-bond donors (Lipinski definition) is 2. The molecular weight excluding hydrogens is 322 g/mol. The Labute approximate surface area is 127 Å². The van der Waals surface area contributed by atoms with Gasteiger partial charge in [-0.3, -0.25) is 4.79 Å². The number of halogens is 1. The Bertz CT molecular complexity index is 500. The molecule has 0 bridgehead atoms. The van der Waals surface area contributed by atoms with E-state index in [9.17, 15) is 4.79 Å². The second kappa shape index (κ2) is 7.22. The molecule has 20 heavy (non-hydrogen) atoms. The van der Waals surface area contributed by atoms with E-state index in [1.807, 2.05) is 6.92 Å². The van der Waals surface area contributed by atoms with Crippen LogP contribution in [0.4, 0.5) is 5.69 Å². The van der Waals surface area contributed by atoms with Crippen molar-refractivity contribution < 1.29 is 5.11 Å². The van der Waals surface area contributed by atoms with Crippen molar-refractivity contribution in [2.75, 3.05) is 11.9 Å². The van der Waals surface area contributed by atoms with E-state index in [-0.39, 0.29) is 18.2 Å². The first-order chi connectivity index (χ1) is 9.65. The average molecular weight is 344 g/mol. The van der Waals surface area contributed by atoms with E-state index in [0.717, 1.165) is 6.42 Å². The Morgan fingerprint density at radius 2 is 2.35 bits per heavy atom. The molecule has 1 atom stereocenters. The monoisotopic (exact) mass is 343 g/mol. The van der Waals surface area contributed by atoms with Crippen LogP contribution in [0.3, 0.4) is 0 Å². The number of rotatable bonds is 7. The van der Waals surface area contributed by atoms with Crippen molar-refractivity contribution in [3.05, 3.63) is 21.0 Å². The highest BCUT2D eigenvalue weighted by Gasteiger charge is 2.20. The van der Waals surface area contributed by atoms with Crippen molar-refractivity contribution in [1.29, 1.82) is 0 Å². The van der Waals surface area contributed by atoms with E-state index < -0.39 is 0 Å². The molecular formula is C14H22BrN3O2. The smallest absolute Gasteiger partial charge is 0.291 e. The van der Waals surface area contributed by atoms with Crippen LogP contribution in [0.5, 0.6) is 0 Å². The van der Waals surface area contributed by atoms with E-state index >= 15 is 0 Å². The van der Waals surface area contributed by atoms with Crippen LogP contribution in [0.15, 0.2) is 15.5 Å². The van der Waals surface area contributed by atoms with E-state index in [1.165, 1.54) is 19.3 Å². The average Bonchev–Trinajstić information content (AvgIpc) is 2.39. The summed E-state index contributed by atoms with van der Waals surface area (Å²) in [4.78, 5) is 12.5. The first kappa shape index (κ1) is 15.5. The summed E-state index contributed by atoms with van der Waals surface area (Å²) in [6.07, 6.45) is 6.80. The standard InChI is InChI=1S/C14H22BrN3O2/c1-2-11(6-7-19)17-13-12(15)8-16-18(14(13)20)9-10-4-3-5-10/h8,10-11,17,19H,2-7,9H2,1H3. The molecule has 1 aromatic rings. The van der Waals surface area contributed by atoms with Crippen molar-refractivity contribution in [2.45, 2.75) is 51.6 Å². The molecule has 1 heterocycles. The Morgan fingerprint density at radius 1 is 1.60 bits per heavy atom. The summed E-state index contributed by atoms with van der Waals surface area (Å²) < 4.78 is 2.24. The van der Waals surface area contributed by atoms with E-state index in [4.69, 9.17) is 5.11 Å². The van der Waals surface area contributed by atoms with Crippen LogP contribution in [-0.2, 0) is 6.54 Å². The zero-order valence-electron chi connectivity index (χ0n) is 11.8. The molecule has 1 fully saturated rings. The quantitative estimate of drug-likeness (QED) is 0.797. The number of aromatic nitrogens is 2. The number of anilines is 1. The molecule has 1 aliphatic rings. The number of nitrogens with one attached hydrogen (secondary N) is 1. The predicted octanol–water partition coefficient (Wildman–Crippen LogP) is 2.38. The highest BCUT2D eigenvalue weighted by Crippen LogP contribution is 2.27. The molecule has 1 unspecified atom stereocenters. The Balaban J connectivity index is 2.17. The highest BCUT2D eigenvalue weighted by molar-refractivity contribution is 9.10. The van der Waals surface area contributed by atoms with Crippen LogP contribution < -0.4 is 10.9 Å².